The molecule has 0 bridgehead atoms. The molecule has 1 aromatic rings. The smallest absolute Gasteiger partial charge is 0.178 e. The third kappa shape index (κ3) is 3.61. The van der Waals surface area contributed by atoms with Crippen molar-refractivity contribution in [2.75, 3.05) is 12.8 Å². The molecule has 1 N–H and O–H groups in total. The monoisotopic (exact) mass is 241 g/mol. The number of hydrogen-bond acceptors (Lipinski definition) is 3. The minimum Gasteiger partial charge on any atom is -0.316 e. The predicted octanol–water partition coefficient (Wildman–Crippen LogP) is 1.84. The molecule has 0 fully saturated rings. The molecule has 0 aliphatic carbocycles. The van der Waals surface area contributed by atoms with Crippen molar-refractivity contribution < 1.29 is 8.42 Å². The molecule has 3 nitrogen and oxygen atoms in total. The molecular formula is C12H19NO2S. The maximum atomic E-state index is 11.9. The highest BCUT2D eigenvalue weighted by Crippen LogP contribution is 2.15. The molecule has 0 spiro atoms. The molecule has 0 saturated carbocycles. The molecule has 4 heteroatoms. The van der Waals surface area contributed by atoms with E-state index in [4.69, 9.17) is 0 Å². The lowest BCUT2D eigenvalue weighted by molar-refractivity contribution is 0.582. The predicted molar refractivity (Wildman–Crippen MR) is 66.1 cm³/mol. The van der Waals surface area contributed by atoms with E-state index in [0.717, 1.165) is 12.1 Å². The van der Waals surface area contributed by atoms with E-state index in [0.29, 0.717) is 4.90 Å². The first kappa shape index (κ1) is 13.2. The summed E-state index contributed by atoms with van der Waals surface area (Å²) in [6, 6.07) is 7.07. The minimum atomic E-state index is -3.11. The molecule has 90 valence electrons. The summed E-state index contributed by atoms with van der Waals surface area (Å²) in [6.45, 7) is 4.57. The molecule has 0 aromatic heterocycles. The zero-order valence-corrected chi connectivity index (χ0v) is 10.8. The summed E-state index contributed by atoms with van der Waals surface area (Å²) in [5.74, 6) is 0.361. The molecule has 0 amide bonds. The Morgan fingerprint density at radius 1 is 1.19 bits per heavy atom. The van der Waals surface area contributed by atoms with Crippen molar-refractivity contribution in [3.05, 3.63) is 29.8 Å². The van der Waals surface area contributed by atoms with Crippen LogP contribution in [0.3, 0.4) is 0 Å². The van der Waals surface area contributed by atoms with Gasteiger partial charge < -0.3 is 5.32 Å². The Balaban J connectivity index is 2.89. The Morgan fingerprint density at radius 3 is 2.19 bits per heavy atom. The number of hydrogen-bond donors (Lipinski definition) is 1. The molecule has 0 aliphatic heterocycles. The van der Waals surface area contributed by atoms with Crippen LogP contribution < -0.4 is 5.32 Å². The van der Waals surface area contributed by atoms with Gasteiger partial charge in [-0.05, 0) is 30.7 Å². The fourth-order valence-corrected chi connectivity index (χ4v) is 3.17. The molecule has 1 aromatic carbocycles. The zero-order chi connectivity index (χ0) is 12.2. The molecule has 0 atom stereocenters. The number of sulfone groups is 1. The largest absolute Gasteiger partial charge is 0.316 e. The van der Waals surface area contributed by atoms with Crippen molar-refractivity contribution in [3.8, 4) is 0 Å². The lowest BCUT2D eigenvalue weighted by atomic mass is 10.2. The summed E-state index contributed by atoms with van der Waals surface area (Å²) < 4.78 is 23.8. The van der Waals surface area contributed by atoms with Gasteiger partial charge in [-0.15, -0.1) is 0 Å². The summed E-state index contributed by atoms with van der Waals surface area (Å²) >= 11 is 0. The molecule has 16 heavy (non-hydrogen) atoms. The van der Waals surface area contributed by atoms with Crippen LogP contribution in [0.5, 0.6) is 0 Å². The average Bonchev–Trinajstić information content (AvgIpc) is 2.17. The van der Waals surface area contributed by atoms with E-state index in [1.165, 1.54) is 0 Å². The van der Waals surface area contributed by atoms with Gasteiger partial charge in [-0.25, -0.2) is 8.42 Å². The molecule has 1 rings (SSSR count). The second-order valence-electron chi connectivity index (χ2n) is 4.35. The van der Waals surface area contributed by atoms with Crippen LogP contribution in [0, 0.1) is 5.92 Å². The van der Waals surface area contributed by atoms with E-state index in [9.17, 15) is 8.42 Å². The summed E-state index contributed by atoms with van der Waals surface area (Å²) in [7, 11) is -1.25. The first-order valence-electron chi connectivity index (χ1n) is 5.42. The number of rotatable bonds is 5. The van der Waals surface area contributed by atoms with Crippen LogP contribution in [-0.2, 0) is 16.4 Å². The summed E-state index contributed by atoms with van der Waals surface area (Å²) in [5.41, 5.74) is 1.09. The van der Waals surface area contributed by atoms with Gasteiger partial charge in [0.2, 0.25) is 0 Å². The van der Waals surface area contributed by atoms with E-state index in [1.54, 1.807) is 12.1 Å². The van der Waals surface area contributed by atoms with Crippen LogP contribution in [0.4, 0.5) is 0 Å². The van der Waals surface area contributed by atoms with Gasteiger partial charge in [0.1, 0.15) is 0 Å². The summed E-state index contributed by atoms with van der Waals surface area (Å²) in [4.78, 5) is 0.418. The van der Waals surface area contributed by atoms with Gasteiger partial charge in [0.25, 0.3) is 0 Å². The molecule has 0 aliphatic rings. The normalized spacial score (nSPS) is 12.0. The third-order valence-corrected chi connectivity index (χ3v) is 4.31. The second kappa shape index (κ2) is 5.46. The highest BCUT2D eigenvalue weighted by molar-refractivity contribution is 7.91. The molecule has 0 heterocycles. The van der Waals surface area contributed by atoms with Crippen LogP contribution in [0.15, 0.2) is 29.2 Å². The Morgan fingerprint density at radius 2 is 1.75 bits per heavy atom. The van der Waals surface area contributed by atoms with E-state index in [-0.39, 0.29) is 11.7 Å². The van der Waals surface area contributed by atoms with Gasteiger partial charge in [-0.1, -0.05) is 26.0 Å². The van der Waals surface area contributed by atoms with Crippen molar-refractivity contribution >= 4 is 9.84 Å². The van der Waals surface area contributed by atoms with Gasteiger partial charge in [0, 0.05) is 6.54 Å². The van der Waals surface area contributed by atoms with Crippen LogP contribution >= 0.6 is 0 Å². The van der Waals surface area contributed by atoms with E-state index >= 15 is 0 Å². The van der Waals surface area contributed by atoms with Gasteiger partial charge in [-0.2, -0.15) is 0 Å². The number of benzene rings is 1. The Labute approximate surface area is 97.8 Å². The van der Waals surface area contributed by atoms with Crippen LogP contribution in [0.1, 0.15) is 19.4 Å². The second-order valence-corrected chi connectivity index (χ2v) is 6.38. The van der Waals surface area contributed by atoms with Crippen LogP contribution in [0.25, 0.3) is 0 Å². The van der Waals surface area contributed by atoms with Gasteiger partial charge in [0.15, 0.2) is 9.84 Å². The Bertz CT molecular complexity index is 421. The maximum absolute atomic E-state index is 11.9. The first-order chi connectivity index (χ1) is 7.45. The summed E-state index contributed by atoms with van der Waals surface area (Å²) in [5, 5.41) is 3.02. The van der Waals surface area contributed by atoms with Gasteiger partial charge in [-0.3, -0.25) is 0 Å². The minimum absolute atomic E-state index is 0.155. The fourth-order valence-electron chi connectivity index (χ4n) is 1.55. The maximum Gasteiger partial charge on any atom is 0.178 e. The van der Waals surface area contributed by atoms with Gasteiger partial charge in [0.05, 0.1) is 10.6 Å². The lowest BCUT2D eigenvalue weighted by Gasteiger charge is -2.07. The van der Waals surface area contributed by atoms with E-state index in [1.807, 2.05) is 33.0 Å². The van der Waals surface area contributed by atoms with Crippen molar-refractivity contribution in [3.63, 3.8) is 0 Å². The highest BCUT2D eigenvalue weighted by Gasteiger charge is 2.15. The van der Waals surface area contributed by atoms with Crippen LogP contribution in [-0.4, -0.2) is 21.2 Å². The third-order valence-electron chi connectivity index (χ3n) is 2.22. The number of nitrogens with one attached hydrogen (secondary N) is 1. The molecule has 0 saturated heterocycles. The highest BCUT2D eigenvalue weighted by atomic mass is 32.2. The SMILES string of the molecule is CNCc1ccc(S(=O)(=O)CC(C)C)cc1. The summed E-state index contributed by atoms with van der Waals surface area (Å²) in [6.07, 6.45) is 0. The quantitative estimate of drug-likeness (QED) is 0.855. The van der Waals surface area contributed by atoms with Crippen molar-refractivity contribution in [1.29, 1.82) is 0 Å². The van der Waals surface area contributed by atoms with Gasteiger partial charge >= 0.3 is 0 Å². The average molecular weight is 241 g/mol. The Hall–Kier alpha value is -0.870. The van der Waals surface area contributed by atoms with E-state index in [2.05, 4.69) is 5.32 Å². The van der Waals surface area contributed by atoms with E-state index < -0.39 is 9.84 Å². The molecule has 0 radical (unpaired) electrons. The Kier molecular flexibility index (Phi) is 4.50. The molecule has 0 unspecified atom stereocenters. The fraction of sp³-hybridized carbons (Fsp3) is 0.500. The topological polar surface area (TPSA) is 46.2 Å². The zero-order valence-electron chi connectivity index (χ0n) is 10.0. The lowest BCUT2D eigenvalue weighted by Crippen LogP contribution is -2.12. The van der Waals surface area contributed by atoms with Crippen molar-refractivity contribution in [2.24, 2.45) is 5.92 Å². The van der Waals surface area contributed by atoms with Crippen LogP contribution in [0.2, 0.25) is 0 Å². The van der Waals surface area contributed by atoms with Crippen molar-refractivity contribution in [1.82, 2.24) is 5.32 Å². The first-order valence-corrected chi connectivity index (χ1v) is 7.07. The molecular weight excluding hydrogens is 222 g/mol. The standard InChI is InChI=1S/C12H19NO2S/c1-10(2)9-16(14,15)12-6-4-11(5-7-12)8-13-3/h4-7,10,13H,8-9H2,1-3H3. The van der Waals surface area contributed by atoms with Crippen molar-refractivity contribution in [2.45, 2.75) is 25.3 Å².